The number of halogens is 1. The van der Waals surface area contributed by atoms with E-state index in [1.165, 1.54) is 31.2 Å². The molecule has 1 aliphatic rings. The van der Waals surface area contributed by atoms with Crippen LogP contribution in [0.4, 0.5) is 0 Å². The molecule has 2 atom stereocenters. The summed E-state index contributed by atoms with van der Waals surface area (Å²) in [6, 6.07) is 8.18. The van der Waals surface area contributed by atoms with E-state index < -0.39 is 0 Å². The van der Waals surface area contributed by atoms with E-state index in [0.29, 0.717) is 5.41 Å². The Hall–Kier alpha value is -0.530. The molecule has 0 saturated heterocycles. The molecule has 0 spiro atoms. The molecule has 0 radical (unpaired) electrons. The third kappa shape index (κ3) is 2.83. The maximum Gasteiger partial charge on any atom is 0.0438 e. The minimum atomic E-state index is 0.297. The molecule has 0 amide bonds. The van der Waals surface area contributed by atoms with Crippen molar-refractivity contribution in [3.05, 3.63) is 34.9 Å². The number of hydrogen-bond donors (Lipinski definition) is 1. The van der Waals surface area contributed by atoms with Gasteiger partial charge in [0.25, 0.3) is 0 Å². The molecule has 2 N–H and O–H groups in total. The van der Waals surface area contributed by atoms with E-state index in [9.17, 15) is 0 Å². The lowest BCUT2D eigenvalue weighted by Gasteiger charge is -2.28. The van der Waals surface area contributed by atoms with E-state index in [4.69, 9.17) is 17.3 Å². The summed E-state index contributed by atoms with van der Waals surface area (Å²) in [5.74, 6) is 0.862. The zero-order valence-corrected chi connectivity index (χ0v) is 11.3. The highest BCUT2D eigenvalue weighted by atomic mass is 35.5. The maximum atomic E-state index is 6.25. The first-order valence-corrected chi connectivity index (χ1v) is 7.00. The maximum absolute atomic E-state index is 6.25. The summed E-state index contributed by atoms with van der Waals surface area (Å²) in [6.07, 6.45) is 6.18. The lowest BCUT2D eigenvalue weighted by Crippen LogP contribution is -2.30. The second-order valence-corrected chi connectivity index (χ2v) is 5.90. The van der Waals surface area contributed by atoms with Crippen LogP contribution in [0.25, 0.3) is 0 Å². The van der Waals surface area contributed by atoms with Gasteiger partial charge in [0, 0.05) is 5.02 Å². The van der Waals surface area contributed by atoms with Gasteiger partial charge in [0.2, 0.25) is 0 Å². The van der Waals surface area contributed by atoms with Gasteiger partial charge in [-0.05, 0) is 55.2 Å². The first kappa shape index (κ1) is 12.9. The Bertz CT molecular complexity index is 377. The molecule has 1 fully saturated rings. The van der Waals surface area contributed by atoms with E-state index >= 15 is 0 Å². The van der Waals surface area contributed by atoms with Crippen molar-refractivity contribution < 1.29 is 0 Å². The SMILES string of the molecule is CCC1CCC(CN)(Cc2ccccc2Cl)C1. The Labute approximate surface area is 109 Å². The van der Waals surface area contributed by atoms with Gasteiger partial charge in [0.15, 0.2) is 0 Å². The van der Waals surface area contributed by atoms with Crippen LogP contribution >= 0.6 is 11.6 Å². The van der Waals surface area contributed by atoms with Crippen LogP contribution in [0.5, 0.6) is 0 Å². The minimum absolute atomic E-state index is 0.297. The second-order valence-electron chi connectivity index (χ2n) is 5.49. The highest BCUT2D eigenvalue weighted by molar-refractivity contribution is 6.31. The molecule has 1 aliphatic carbocycles. The molecule has 0 bridgehead atoms. The molecule has 1 aromatic rings. The number of hydrogen-bond acceptors (Lipinski definition) is 1. The first-order valence-electron chi connectivity index (χ1n) is 6.62. The molecule has 0 aliphatic heterocycles. The predicted molar refractivity (Wildman–Crippen MR) is 74.3 cm³/mol. The molecule has 2 heteroatoms. The molecule has 0 aromatic heterocycles. The van der Waals surface area contributed by atoms with Crippen molar-refractivity contribution in [3.63, 3.8) is 0 Å². The molecule has 17 heavy (non-hydrogen) atoms. The quantitative estimate of drug-likeness (QED) is 0.859. The van der Waals surface area contributed by atoms with E-state index in [2.05, 4.69) is 19.1 Å². The van der Waals surface area contributed by atoms with Crippen molar-refractivity contribution in [2.45, 2.75) is 39.0 Å². The Kier molecular flexibility index (Phi) is 4.11. The smallest absolute Gasteiger partial charge is 0.0438 e. The monoisotopic (exact) mass is 251 g/mol. The molecule has 2 rings (SSSR count). The topological polar surface area (TPSA) is 26.0 Å². The first-order chi connectivity index (χ1) is 8.19. The number of rotatable bonds is 4. The van der Waals surface area contributed by atoms with Crippen LogP contribution in [0.2, 0.25) is 5.02 Å². The molecule has 1 saturated carbocycles. The molecular weight excluding hydrogens is 230 g/mol. The van der Waals surface area contributed by atoms with Gasteiger partial charge < -0.3 is 5.73 Å². The fourth-order valence-electron chi connectivity index (χ4n) is 3.14. The van der Waals surface area contributed by atoms with Crippen molar-refractivity contribution in [1.82, 2.24) is 0 Å². The normalized spacial score (nSPS) is 28.5. The third-order valence-electron chi connectivity index (χ3n) is 4.34. The summed E-state index contributed by atoms with van der Waals surface area (Å²) in [7, 11) is 0. The average Bonchev–Trinajstić information content (AvgIpc) is 2.76. The molecule has 0 heterocycles. The zero-order valence-electron chi connectivity index (χ0n) is 10.6. The Balaban J connectivity index is 2.13. The lowest BCUT2D eigenvalue weighted by atomic mass is 9.79. The Morgan fingerprint density at radius 3 is 2.76 bits per heavy atom. The standard InChI is InChI=1S/C15H22ClN/c1-2-12-7-8-15(9-12,11-17)10-13-5-3-4-6-14(13)16/h3-6,12H,2,7-11,17H2,1H3. The van der Waals surface area contributed by atoms with E-state index in [1.54, 1.807) is 0 Å². The summed E-state index contributed by atoms with van der Waals surface area (Å²) in [5, 5.41) is 0.889. The largest absolute Gasteiger partial charge is 0.330 e. The van der Waals surface area contributed by atoms with E-state index in [0.717, 1.165) is 23.9 Å². The van der Waals surface area contributed by atoms with Gasteiger partial charge in [0.05, 0.1) is 0 Å². The van der Waals surface area contributed by atoms with Crippen molar-refractivity contribution >= 4 is 11.6 Å². The average molecular weight is 252 g/mol. The van der Waals surface area contributed by atoms with Crippen LogP contribution in [0.3, 0.4) is 0 Å². The van der Waals surface area contributed by atoms with Crippen LogP contribution in [-0.2, 0) is 6.42 Å². The van der Waals surface area contributed by atoms with Gasteiger partial charge in [-0.2, -0.15) is 0 Å². The molecule has 1 nitrogen and oxygen atoms in total. The molecule has 2 unspecified atom stereocenters. The summed E-state index contributed by atoms with van der Waals surface area (Å²) in [5.41, 5.74) is 7.60. The summed E-state index contributed by atoms with van der Waals surface area (Å²) < 4.78 is 0. The van der Waals surface area contributed by atoms with Gasteiger partial charge in [-0.3, -0.25) is 0 Å². The van der Waals surface area contributed by atoms with E-state index in [-0.39, 0.29) is 0 Å². The van der Waals surface area contributed by atoms with Gasteiger partial charge >= 0.3 is 0 Å². The van der Waals surface area contributed by atoms with Crippen LogP contribution in [0.15, 0.2) is 24.3 Å². The van der Waals surface area contributed by atoms with Gasteiger partial charge in [-0.25, -0.2) is 0 Å². The highest BCUT2D eigenvalue weighted by Gasteiger charge is 2.37. The fraction of sp³-hybridized carbons (Fsp3) is 0.600. The number of benzene rings is 1. The fourth-order valence-corrected chi connectivity index (χ4v) is 3.34. The lowest BCUT2D eigenvalue weighted by molar-refractivity contribution is 0.291. The van der Waals surface area contributed by atoms with Crippen molar-refractivity contribution in [2.75, 3.05) is 6.54 Å². The summed E-state index contributed by atoms with van der Waals surface area (Å²) in [6.45, 7) is 3.07. The van der Waals surface area contributed by atoms with Crippen LogP contribution in [0.1, 0.15) is 38.2 Å². The van der Waals surface area contributed by atoms with Crippen LogP contribution in [-0.4, -0.2) is 6.54 Å². The molecular formula is C15H22ClN. The van der Waals surface area contributed by atoms with Gasteiger partial charge in [-0.1, -0.05) is 43.1 Å². The molecule has 94 valence electrons. The van der Waals surface area contributed by atoms with Crippen LogP contribution in [0, 0.1) is 11.3 Å². The highest BCUT2D eigenvalue weighted by Crippen LogP contribution is 2.45. The van der Waals surface area contributed by atoms with Crippen molar-refractivity contribution in [3.8, 4) is 0 Å². The van der Waals surface area contributed by atoms with E-state index in [1.807, 2.05) is 12.1 Å². The van der Waals surface area contributed by atoms with Gasteiger partial charge in [0.1, 0.15) is 0 Å². The third-order valence-corrected chi connectivity index (χ3v) is 4.71. The molecule has 1 aromatic carbocycles. The summed E-state index contributed by atoms with van der Waals surface area (Å²) in [4.78, 5) is 0. The summed E-state index contributed by atoms with van der Waals surface area (Å²) >= 11 is 6.25. The minimum Gasteiger partial charge on any atom is -0.330 e. The van der Waals surface area contributed by atoms with Crippen LogP contribution < -0.4 is 5.73 Å². The Morgan fingerprint density at radius 1 is 1.41 bits per heavy atom. The zero-order chi connectivity index (χ0) is 12.3. The predicted octanol–water partition coefficient (Wildman–Crippen LogP) is 4.04. The van der Waals surface area contributed by atoms with Crippen molar-refractivity contribution in [2.24, 2.45) is 17.1 Å². The Morgan fingerprint density at radius 2 is 2.18 bits per heavy atom. The number of nitrogens with two attached hydrogens (primary N) is 1. The van der Waals surface area contributed by atoms with Crippen molar-refractivity contribution in [1.29, 1.82) is 0 Å². The second kappa shape index (κ2) is 5.41. The van der Waals surface area contributed by atoms with Gasteiger partial charge in [-0.15, -0.1) is 0 Å².